The minimum atomic E-state index is -0.157. The maximum atomic E-state index is 6.50. The van der Waals surface area contributed by atoms with Crippen LogP contribution in [0.3, 0.4) is 0 Å². The molecule has 0 bridgehead atoms. The first-order valence-corrected chi connectivity index (χ1v) is 15.1. The van der Waals surface area contributed by atoms with Crippen molar-refractivity contribution in [1.29, 1.82) is 0 Å². The zero-order valence-electron chi connectivity index (χ0n) is 21.7. The number of benzene rings is 2. The molecule has 1 nitrogen and oxygen atoms in total. The topological polar surface area (TPSA) is 9.23 Å². The standard InChI is InChI=1S/C31H45OP/c1-22(2)25-20-24(5)31(29(21-25)32-23(3)4)28-18-12-13-19-30(28)33(26-14-8-6-9-15-26)27-16-10-7-11-17-27/h12-13,18-23,26-27H,6-11,14-17H2,1-5H3. The molecule has 2 fully saturated rings. The lowest BCUT2D eigenvalue weighted by atomic mass is 9.93. The van der Waals surface area contributed by atoms with Crippen LogP contribution in [0.2, 0.25) is 0 Å². The fraction of sp³-hybridized carbons (Fsp3) is 0.613. The van der Waals surface area contributed by atoms with Crippen LogP contribution >= 0.6 is 7.92 Å². The van der Waals surface area contributed by atoms with Crippen LogP contribution in [0.4, 0.5) is 0 Å². The van der Waals surface area contributed by atoms with Gasteiger partial charge in [0, 0.05) is 5.56 Å². The summed E-state index contributed by atoms with van der Waals surface area (Å²) >= 11 is 0. The lowest BCUT2D eigenvalue weighted by molar-refractivity contribution is 0.243. The minimum Gasteiger partial charge on any atom is -0.490 e. The molecule has 0 amide bonds. The zero-order chi connectivity index (χ0) is 23.4. The van der Waals surface area contributed by atoms with Gasteiger partial charge in [-0.15, -0.1) is 0 Å². The highest BCUT2D eigenvalue weighted by atomic mass is 31.1. The Morgan fingerprint density at radius 1 is 0.788 bits per heavy atom. The van der Waals surface area contributed by atoms with Crippen LogP contribution in [0.15, 0.2) is 36.4 Å². The molecule has 0 unspecified atom stereocenters. The van der Waals surface area contributed by atoms with Gasteiger partial charge in [-0.25, -0.2) is 0 Å². The predicted octanol–water partition coefficient (Wildman–Crippen LogP) is 9.35. The highest BCUT2D eigenvalue weighted by Crippen LogP contribution is 2.56. The van der Waals surface area contributed by atoms with Crippen LogP contribution in [0, 0.1) is 6.92 Å². The van der Waals surface area contributed by atoms with Crippen LogP contribution in [0.1, 0.15) is 109 Å². The Kier molecular flexibility index (Phi) is 8.56. The molecular formula is C31H45OP. The van der Waals surface area contributed by atoms with Gasteiger partial charge < -0.3 is 4.74 Å². The normalized spacial score (nSPS) is 18.4. The number of aryl methyl sites for hydroxylation is 1. The molecule has 0 aliphatic heterocycles. The molecule has 2 aliphatic carbocycles. The van der Waals surface area contributed by atoms with E-state index < -0.39 is 0 Å². The van der Waals surface area contributed by atoms with Crippen molar-refractivity contribution in [3.63, 3.8) is 0 Å². The summed E-state index contributed by atoms with van der Waals surface area (Å²) in [6.45, 7) is 11.2. The van der Waals surface area contributed by atoms with Gasteiger partial charge in [0.05, 0.1) is 6.10 Å². The molecule has 0 N–H and O–H groups in total. The summed E-state index contributed by atoms with van der Waals surface area (Å²) in [5.74, 6) is 1.59. The molecule has 0 radical (unpaired) electrons. The molecule has 0 heterocycles. The summed E-state index contributed by atoms with van der Waals surface area (Å²) in [4.78, 5) is 0. The zero-order valence-corrected chi connectivity index (χ0v) is 22.6. The Morgan fingerprint density at radius 3 is 1.91 bits per heavy atom. The Morgan fingerprint density at radius 2 is 1.36 bits per heavy atom. The molecule has 2 aromatic rings. The van der Waals surface area contributed by atoms with Gasteiger partial charge in [-0.3, -0.25) is 0 Å². The van der Waals surface area contributed by atoms with Crippen molar-refractivity contribution in [2.24, 2.45) is 0 Å². The van der Waals surface area contributed by atoms with E-state index in [4.69, 9.17) is 4.74 Å². The van der Waals surface area contributed by atoms with E-state index in [1.54, 1.807) is 5.30 Å². The molecule has 4 rings (SSSR count). The third kappa shape index (κ3) is 5.85. The van der Waals surface area contributed by atoms with Crippen molar-refractivity contribution in [2.45, 2.75) is 122 Å². The van der Waals surface area contributed by atoms with Gasteiger partial charge in [-0.05, 0) is 91.8 Å². The summed E-state index contributed by atoms with van der Waals surface area (Å²) < 4.78 is 6.50. The van der Waals surface area contributed by atoms with Crippen molar-refractivity contribution < 1.29 is 4.74 Å². The quantitative estimate of drug-likeness (QED) is 0.371. The summed E-state index contributed by atoms with van der Waals surface area (Å²) in [6, 6.07) is 14.2. The first-order chi connectivity index (χ1) is 16.0. The van der Waals surface area contributed by atoms with Gasteiger partial charge in [-0.1, -0.05) is 90.6 Å². The monoisotopic (exact) mass is 464 g/mol. The highest BCUT2D eigenvalue weighted by Gasteiger charge is 2.34. The summed E-state index contributed by atoms with van der Waals surface area (Å²) in [7, 11) is -0.157. The number of ether oxygens (including phenoxy) is 1. The summed E-state index contributed by atoms with van der Waals surface area (Å²) in [5.41, 5.74) is 7.37. The smallest absolute Gasteiger partial charge is 0.128 e. The summed E-state index contributed by atoms with van der Waals surface area (Å²) in [6.07, 6.45) is 14.6. The van der Waals surface area contributed by atoms with Gasteiger partial charge in [-0.2, -0.15) is 0 Å². The lowest BCUT2D eigenvalue weighted by Crippen LogP contribution is -2.27. The van der Waals surface area contributed by atoms with Crippen LogP contribution in [-0.4, -0.2) is 17.4 Å². The molecule has 2 saturated carbocycles. The highest BCUT2D eigenvalue weighted by molar-refractivity contribution is 7.67. The molecule has 180 valence electrons. The Balaban J connectivity index is 1.85. The molecule has 0 aromatic heterocycles. The largest absolute Gasteiger partial charge is 0.490 e. The maximum absolute atomic E-state index is 6.50. The van der Waals surface area contributed by atoms with E-state index in [1.807, 2.05) is 0 Å². The fourth-order valence-electron chi connectivity index (χ4n) is 6.13. The van der Waals surface area contributed by atoms with E-state index >= 15 is 0 Å². The molecule has 2 heteroatoms. The molecule has 0 spiro atoms. The number of rotatable bonds is 7. The Labute approximate surface area is 204 Å². The van der Waals surface area contributed by atoms with Crippen molar-refractivity contribution in [3.8, 4) is 16.9 Å². The Hall–Kier alpha value is -1.33. The van der Waals surface area contributed by atoms with Crippen molar-refractivity contribution in [1.82, 2.24) is 0 Å². The number of hydrogen-bond donors (Lipinski definition) is 0. The van der Waals surface area contributed by atoms with E-state index in [9.17, 15) is 0 Å². The van der Waals surface area contributed by atoms with Crippen molar-refractivity contribution >= 4 is 13.2 Å². The SMILES string of the molecule is Cc1cc(C(C)C)cc(OC(C)C)c1-c1ccccc1P(C1CCCCC1)C1CCCCC1. The van der Waals surface area contributed by atoms with Gasteiger partial charge >= 0.3 is 0 Å². The predicted molar refractivity (Wildman–Crippen MR) is 147 cm³/mol. The average molecular weight is 465 g/mol. The third-order valence-electron chi connectivity index (χ3n) is 7.74. The fourth-order valence-corrected chi connectivity index (χ4v) is 10.1. The van der Waals surface area contributed by atoms with Gasteiger partial charge in [0.2, 0.25) is 0 Å². The number of hydrogen-bond acceptors (Lipinski definition) is 1. The van der Waals surface area contributed by atoms with E-state index in [-0.39, 0.29) is 14.0 Å². The van der Waals surface area contributed by atoms with E-state index in [0.717, 1.165) is 17.1 Å². The van der Waals surface area contributed by atoms with Crippen LogP contribution < -0.4 is 10.0 Å². The minimum absolute atomic E-state index is 0.157. The van der Waals surface area contributed by atoms with Gasteiger partial charge in [0.15, 0.2) is 0 Å². The van der Waals surface area contributed by atoms with E-state index in [1.165, 1.54) is 86.5 Å². The Bertz CT molecular complexity index is 885. The second-order valence-electron chi connectivity index (χ2n) is 11.0. The van der Waals surface area contributed by atoms with Gasteiger partial charge in [0.25, 0.3) is 0 Å². The van der Waals surface area contributed by atoms with E-state index in [0.29, 0.717) is 5.92 Å². The second kappa shape index (κ2) is 11.4. The second-order valence-corrected chi connectivity index (χ2v) is 13.8. The molecular weight excluding hydrogens is 419 g/mol. The van der Waals surface area contributed by atoms with Crippen molar-refractivity contribution in [2.75, 3.05) is 0 Å². The third-order valence-corrected chi connectivity index (χ3v) is 11.3. The van der Waals surface area contributed by atoms with Crippen LogP contribution in [0.5, 0.6) is 5.75 Å². The average Bonchev–Trinajstić information content (AvgIpc) is 2.81. The molecule has 0 atom stereocenters. The van der Waals surface area contributed by atoms with Gasteiger partial charge in [0.1, 0.15) is 5.75 Å². The molecule has 0 saturated heterocycles. The first kappa shape index (κ1) is 24.8. The van der Waals surface area contributed by atoms with E-state index in [2.05, 4.69) is 71.0 Å². The van der Waals surface area contributed by atoms with Crippen LogP contribution in [-0.2, 0) is 0 Å². The molecule has 2 aliphatic rings. The van der Waals surface area contributed by atoms with Crippen LogP contribution in [0.25, 0.3) is 11.1 Å². The summed E-state index contributed by atoms with van der Waals surface area (Å²) in [5, 5.41) is 1.67. The molecule has 33 heavy (non-hydrogen) atoms. The molecule has 2 aromatic carbocycles. The lowest BCUT2D eigenvalue weighted by Gasteiger charge is -2.40. The maximum Gasteiger partial charge on any atom is 0.128 e. The van der Waals surface area contributed by atoms with Crippen molar-refractivity contribution in [3.05, 3.63) is 47.5 Å². The first-order valence-electron chi connectivity index (χ1n) is 13.6.